The molecule has 0 atom stereocenters. The van der Waals surface area contributed by atoms with Gasteiger partial charge in [-0.3, -0.25) is 9.59 Å². The van der Waals surface area contributed by atoms with Crippen LogP contribution in [0, 0.1) is 0 Å². The lowest BCUT2D eigenvalue weighted by Crippen LogP contribution is -2.17. The molecule has 51 heavy (non-hydrogen) atoms. The third kappa shape index (κ3) is 8.73. The highest BCUT2D eigenvalue weighted by Gasteiger charge is 2.19. The van der Waals surface area contributed by atoms with E-state index in [2.05, 4.69) is 10.6 Å². The molecule has 9 nitrogen and oxygen atoms in total. The fraction of sp³-hybridized carbons (Fsp3) is 0.0476. The number of aromatic carboxylic acids is 2. The number of hydrogen-bond acceptors (Lipinski definition) is 5. The predicted octanol–water partition coefficient (Wildman–Crippen LogP) is 8.56. The highest BCUT2D eigenvalue weighted by molar-refractivity contribution is 6.11. The van der Waals surface area contributed by atoms with E-state index in [1.54, 1.807) is 72.8 Å². The molecule has 0 aliphatic carbocycles. The summed E-state index contributed by atoms with van der Waals surface area (Å²) < 4.78 is 5.93. The number of rotatable bonds is 12. The molecule has 0 saturated heterocycles. The first-order chi connectivity index (χ1) is 24.7. The van der Waals surface area contributed by atoms with Gasteiger partial charge in [-0.25, -0.2) is 9.59 Å². The third-order valence-electron chi connectivity index (χ3n) is 8.08. The number of ether oxygens (including phenoxy) is 1. The van der Waals surface area contributed by atoms with Crippen molar-refractivity contribution >= 4 is 35.1 Å². The molecule has 0 aliphatic rings. The summed E-state index contributed by atoms with van der Waals surface area (Å²) in [4.78, 5) is 50.1. The molecular weight excluding hydrogens is 644 g/mol. The molecule has 0 spiro atoms. The SMILES string of the molecule is O=C(O)c1ccc(Cc2ccccc2)cc1C(=O)Nc1ccc(Oc2ccc(NC(=O)c3cc(Cc4ccccc4)ccc3C(=O)O)cc2)cc1. The standard InChI is InChI=1S/C42H32N2O7/c45-39(37-25-29(11-21-35(37)41(47)48)23-27-7-3-1-4-8-27)43-31-13-17-33(18-14-31)51-34-19-15-32(16-20-34)44-40(46)38-26-30(12-22-36(38)42(49)50)24-28-9-5-2-6-10-28/h1-22,25-26H,23-24H2,(H,43,45)(H,44,46)(H,47,48)(H,49,50). The summed E-state index contributed by atoms with van der Waals surface area (Å²) in [6, 6.07) is 42.1. The summed E-state index contributed by atoms with van der Waals surface area (Å²) in [6.07, 6.45) is 1.10. The van der Waals surface area contributed by atoms with Gasteiger partial charge in [0.15, 0.2) is 0 Å². The highest BCUT2D eigenvalue weighted by Crippen LogP contribution is 2.26. The van der Waals surface area contributed by atoms with Gasteiger partial charge in [-0.05, 0) is 108 Å². The zero-order valence-corrected chi connectivity index (χ0v) is 27.2. The lowest BCUT2D eigenvalue weighted by molar-refractivity contribution is 0.0683. The summed E-state index contributed by atoms with van der Waals surface area (Å²) in [7, 11) is 0. The lowest BCUT2D eigenvalue weighted by Gasteiger charge is -2.12. The molecule has 9 heteroatoms. The van der Waals surface area contributed by atoms with Crippen molar-refractivity contribution < 1.29 is 34.1 Å². The van der Waals surface area contributed by atoms with E-state index in [9.17, 15) is 29.4 Å². The first kappa shape index (κ1) is 33.9. The number of anilines is 2. The third-order valence-corrected chi connectivity index (χ3v) is 8.08. The van der Waals surface area contributed by atoms with Crippen LogP contribution >= 0.6 is 0 Å². The van der Waals surface area contributed by atoms with Crippen molar-refractivity contribution in [2.24, 2.45) is 0 Å². The molecule has 0 bridgehead atoms. The van der Waals surface area contributed by atoms with E-state index in [-0.39, 0.29) is 22.3 Å². The first-order valence-corrected chi connectivity index (χ1v) is 16.0. The van der Waals surface area contributed by atoms with Crippen LogP contribution in [0.15, 0.2) is 146 Å². The molecule has 0 aliphatic heterocycles. The first-order valence-electron chi connectivity index (χ1n) is 16.0. The second-order valence-electron chi connectivity index (χ2n) is 11.8. The molecule has 6 rings (SSSR count). The predicted molar refractivity (Wildman–Crippen MR) is 194 cm³/mol. The van der Waals surface area contributed by atoms with Gasteiger partial charge in [0.2, 0.25) is 0 Å². The Balaban J connectivity index is 1.08. The Bertz CT molecular complexity index is 2040. The molecule has 6 aromatic rings. The second kappa shape index (κ2) is 15.5. The minimum Gasteiger partial charge on any atom is -0.478 e. The Morgan fingerprint density at radius 1 is 0.431 bits per heavy atom. The Labute approximate surface area is 293 Å². The van der Waals surface area contributed by atoms with Crippen molar-refractivity contribution in [1.82, 2.24) is 0 Å². The Kier molecular flexibility index (Phi) is 10.3. The minimum absolute atomic E-state index is 0.0579. The van der Waals surface area contributed by atoms with Gasteiger partial charge < -0.3 is 25.6 Å². The van der Waals surface area contributed by atoms with E-state index in [4.69, 9.17) is 4.74 Å². The van der Waals surface area contributed by atoms with E-state index in [1.165, 1.54) is 12.1 Å². The molecule has 0 aromatic heterocycles. The maximum Gasteiger partial charge on any atom is 0.336 e. The van der Waals surface area contributed by atoms with Gasteiger partial charge in [0.05, 0.1) is 22.3 Å². The summed E-state index contributed by atoms with van der Waals surface area (Å²) in [5.41, 5.74) is 4.52. The maximum absolute atomic E-state index is 13.2. The largest absolute Gasteiger partial charge is 0.478 e. The molecule has 0 heterocycles. The van der Waals surface area contributed by atoms with E-state index < -0.39 is 23.8 Å². The molecule has 0 radical (unpaired) electrons. The summed E-state index contributed by atoms with van der Waals surface area (Å²) in [5.74, 6) is -2.54. The zero-order valence-electron chi connectivity index (χ0n) is 27.2. The molecular formula is C42H32N2O7. The van der Waals surface area contributed by atoms with E-state index in [0.717, 1.165) is 22.3 Å². The number of benzene rings is 6. The van der Waals surface area contributed by atoms with E-state index >= 15 is 0 Å². The topological polar surface area (TPSA) is 142 Å². The maximum atomic E-state index is 13.2. The van der Waals surface area contributed by atoms with Crippen LogP contribution < -0.4 is 15.4 Å². The Morgan fingerprint density at radius 2 is 0.804 bits per heavy atom. The van der Waals surface area contributed by atoms with Crippen molar-refractivity contribution in [2.45, 2.75) is 12.8 Å². The van der Waals surface area contributed by atoms with Gasteiger partial charge in [-0.2, -0.15) is 0 Å². The van der Waals surface area contributed by atoms with Crippen molar-refractivity contribution in [2.75, 3.05) is 10.6 Å². The Morgan fingerprint density at radius 3 is 1.16 bits per heavy atom. The van der Waals surface area contributed by atoms with Crippen LogP contribution in [0.3, 0.4) is 0 Å². The fourth-order valence-corrected chi connectivity index (χ4v) is 5.56. The molecule has 6 aromatic carbocycles. The molecule has 4 N–H and O–H groups in total. The van der Waals surface area contributed by atoms with Crippen molar-refractivity contribution in [3.05, 3.63) is 190 Å². The molecule has 0 fully saturated rings. The number of carbonyl (C=O) groups is 4. The molecule has 0 saturated carbocycles. The average molecular weight is 677 g/mol. The number of carboxylic acid groups (broad SMARTS) is 2. The summed E-state index contributed by atoms with van der Waals surface area (Å²) >= 11 is 0. The monoisotopic (exact) mass is 676 g/mol. The summed E-state index contributed by atoms with van der Waals surface area (Å²) in [6.45, 7) is 0. The van der Waals surface area contributed by atoms with Gasteiger partial charge in [0, 0.05) is 11.4 Å². The van der Waals surface area contributed by atoms with Crippen LogP contribution in [-0.2, 0) is 12.8 Å². The van der Waals surface area contributed by atoms with Crippen molar-refractivity contribution in [3.63, 3.8) is 0 Å². The minimum atomic E-state index is -1.20. The second-order valence-corrected chi connectivity index (χ2v) is 11.8. The fourth-order valence-electron chi connectivity index (χ4n) is 5.56. The normalized spacial score (nSPS) is 10.6. The van der Waals surface area contributed by atoms with Crippen LogP contribution in [0.1, 0.15) is 63.7 Å². The van der Waals surface area contributed by atoms with Gasteiger partial charge >= 0.3 is 11.9 Å². The van der Waals surface area contributed by atoms with Crippen molar-refractivity contribution in [3.8, 4) is 11.5 Å². The van der Waals surface area contributed by atoms with Crippen LogP contribution in [0.25, 0.3) is 0 Å². The molecule has 2 amide bonds. The number of carboxylic acids is 2. The van der Waals surface area contributed by atoms with Gasteiger partial charge in [0.25, 0.3) is 11.8 Å². The van der Waals surface area contributed by atoms with Gasteiger partial charge in [-0.15, -0.1) is 0 Å². The van der Waals surface area contributed by atoms with E-state index in [0.29, 0.717) is 35.7 Å². The number of carbonyl (C=O) groups excluding carboxylic acids is 2. The molecule has 252 valence electrons. The van der Waals surface area contributed by atoms with Crippen LogP contribution in [-0.4, -0.2) is 34.0 Å². The van der Waals surface area contributed by atoms with E-state index in [1.807, 2.05) is 60.7 Å². The number of hydrogen-bond donors (Lipinski definition) is 4. The van der Waals surface area contributed by atoms with Crippen LogP contribution in [0.5, 0.6) is 11.5 Å². The van der Waals surface area contributed by atoms with Gasteiger partial charge in [-0.1, -0.05) is 72.8 Å². The lowest BCUT2D eigenvalue weighted by atomic mass is 9.98. The number of amides is 2. The Hall–Kier alpha value is -7.00. The highest BCUT2D eigenvalue weighted by atomic mass is 16.5. The smallest absolute Gasteiger partial charge is 0.336 e. The molecule has 0 unspecified atom stereocenters. The quantitative estimate of drug-likeness (QED) is 0.102. The van der Waals surface area contributed by atoms with Gasteiger partial charge in [0.1, 0.15) is 11.5 Å². The average Bonchev–Trinajstić information content (AvgIpc) is 3.14. The zero-order chi connectivity index (χ0) is 35.7. The van der Waals surface area contributed by atoms with Crippen LogP contribution in [0.2, 0.25) is 0 Å². The number of nitrogens with one attached hydrogen (secondary N) is 2. The summed E-state index contributed by atoms with van der Waals surface area (Å²) in [5, 5.41) is 24.9. The van der Waals surface area contributed by atoms with Crippen molar-refractivity contribution in [1.29, 1.82) is 0 Å². The van der Waals surface area contributed by atoms with Crippen LogP contribution in [0.4, 0.5) is 11.4 Å².